The van der Waals surface area contributed by atoms with Crippen LogP contribution in [0.5, 0.6) is 11.5 Å². The Morgan fingerprint density at radius 3 is 2.22 bits per heavy atom. The number of nitriles is 1. The molecule has 0 radical (unpaired) electrons. The summed E-state index contributed by atoms with van der Waals surface area (Å²) in [5.41, 5.74) is 1.59. The zero-order chi connectivity index (χ0) is 19.8. The minimum atomic E-state index is -0.682. The highest BCUT2D eigenvalue weighted by molar-refractivity contribution is 9.10. The number of benzene rings is 2. The molecular formula is C19H17BrN2O5. The molecule has 1 amide bonds. The van der Waals surface area contributed by atoms with Crippen LogP contribution in [0.25, 0.3) is 0 Å². The minimum Gasteiger partial charge on any atom is -0.495 e. The molecule has 2 aromatic rings. The zero-order valence-electron chi connectivity index (χ0n) is 14.7. The molecule has 0 saturated heterocycles. The van der Waals surface area contributed by atoms with Crippen LogP contribution in [0.4, 0.5) is 5.69 Å². The number of carbonyl (C=O) groups is 2. The Balaban J connectivity index is 1.96. The highest BCUT2D eigenvalue weighted by atomic mass is 79.9. The monoisotopic (exact) mass is 432 g/mol. The molecule has 0 aromatic heterocycles. The second kappa shape index (κ2) is 9.59. The van der Waals surface area contributed by atoms with Crippen molar-refractivity contribution in [2.45, 2.75) is 6.42 Å². The van der Waals surface area contributed by atoms with Crippen molar-refractivity contribution in [3.05, 3.63) is 52.0 Å². The molecule has 0 saturated carbocycles. The van der Waals surface area contributed by atoms with Gasteiger partial charge in [0.1, 0.15) is 16.0 Å². The maximum atomic E-state index is 12.2. The van der Waals surface area contributed by atoms with E-state index in [1.54, 1.807) is 24.3 Å². The SMILES string of the molecule is COc1cc(C(=O)OCC(=O)Nc2ccc(CC#N)cc2)cc(OC)c1Br. The minimum absolute atomic E-state index is 0.195. The summed E-state index contributed by atoms with van der Waals surface area (Å²) in [5, 5.41) is 11.3. The molecule has 0 aliphatic heterocycles. The number of nitrogens with zero attached hydrogens (tertiary/aromatic N) is 1. The van der Waals surface area contributed by atoms with Crippen LogP contribution in [0, 0.1) is 11.3 Å². The number of halogens is 1. The molecule has 140 valence electrons. The number of esters is 1. The zero-order valence-corrected chi connectivity index (χ0v) is 16.3. The van der Waals surface area contributed by atoms with E-state index in [1.165, 1.54) is 26.4 Å². The first kappa shape index (κ1) is 20.3. The third kappa shape index (κ3) is 5.46. The molecule has 0 atom stereocenters. The highest BCUT2D eigenvalue weighted by Crippen LogP contribution is 2.35. The molecule has 0 bridgehead atoms. The third-order valence-electron chi connectivity index (χ3n) is 3.54. The van der Waals surface area contributed by atoms with E-state index in [2.05, 4.69) is 21.2 Å². The van der Waals surface area contributed by atoms with Crippen molar-refractivity contribution in [2.24, 2.45) is 0 Å². The Morgan fingerprint density at radius 1 is 1.11 bits per heavy atom. The predicted octanol–water partition coefficient (Wildman–Crippen LogP) is 3.33. The molecule has 0 heterocycles. The van der Waals surface area contributed by atoms with Gasteiger partial charge in [0.2, 0.25) is 0 Å². The lowest BCUT2D eigenvalue weighted by atomic mass is 10.1. The fraction of sp³-hybridized carbons (Fsp3) is 0.211. The Labute approximate surface area is 165 Å². The summed E-state index contributed by atoms with van der Waals surface area (Å²) < 4.78 is 16.0. The van der Waals surface area contributed by atoms with Crippen LogP contribution < -0.4 is 14.8 Å². The fourth-order valence-corrected chi connectivity index (χ4v) is 2.75. The molecule has 1 N–H and O–H groups in total. The first-order chi connectivity index (χ1) is 13.0. The van der Waals surface area contributed by atoms with Gasteiger partial charge in [0.15, 0.2) is 6.61 Å². The molecule has 2 rings (SSSR count). The van der Waals surface area contributed by atoms with Crippen molar-refractivity contribution in [1.82, 2.24) is 0 Å². The summed E-state index contributed by atoms with van der Waals surface area (Å²) in [6.07, 6.45) is 0.298. The van der Waals surface area contributed by atoms with Gasteiger partial charge in [0.25, 0.3) is 5.91 Å². The Hall–Kier alpha value is -3.05. The van der Waals surface area contributed by atoms with E-state index in [4.69, 9.17) is 19.5 Å². The standard InChI is InChI=1S/C19H17BrN2O5/c1-25-15-9-13(10-16(26-2)18(15)20)19(24)27-11-17(23)22-14-5-3-12(4-6-14)7-8-21/h3-6,9-10H,7,11H2,1-2H3,(H,22,23). The Bertz CT molecular complexity index is 850. The van der Waals surface area contributed by atoms with Gasteiger partial charge in [-0.25, -0.2) is 4.79 Å². The van der Waals surface area contributed by atoms with Crippen molar-refractivity contribution in [3.63, 3.8) is 0 Å². The molecule has 8 heteroatoms. The van der Waals surface area contributed by atoms with Crippen molar-refractivity contribution in [3.8, 4) is 17.6 Å². The van der Waals surface area contributed by atoms with E-state index in [0.717, 1.165) is 5.56 Å². The van der Waals surface area contributed by atoms with Gasteiger partial charge in [-0.3, -0.25) is 4.79 Å². The number of anilines is 1. The van der Waals surface area contributed by atoms with Crippen LogP contribution in [0.2, 0.25) is 0 Å². The summed E-state index contributed by atoms with van der Waals surface area (Å²) >= 11 is 3.31. The predicted molar refractivity (Wildman–Crippen MR) is 102 cm³/mol. The molecule has 0 aliphatic rings. The first-order valence-corrected chi connectivity index (χ1v) is 8.62. The van der Waals surface area contributed by atoms with Crippen LogP contribution in [-0.2, 0) is 16.0 Å². The van der Waals surface area contributed by atoms with Crippen molar-refractivity contribution >= 4 is 33.5 Å². The summed E-state index contributed by atoms with van der Waals surface area (Å²) in [4.78, 5) is 24.2. The molecule has 0 spiro atoms. The van der Waals surface area contributed by atoms with E-state index in [-0.39, 0.29) is 5.56 Å². The van der Waals surface area contributed by atoms with Gasteiger partial charge < -0.3 is 19.5 Å². The van der Waals surface area contributed by atoms with E-state index < -0.39 is 18.5 Å². The summed E-state index contributed by atoms with van der Waals surface area (Å²) in [7, 11) is 2.92. The topological polar surface area (TPSA) is 97.6 Å². The summed E-state index contributed by atoms with van der Waals surface area (Å²) in [6.45, 7) is -0.445. The lowest BCUT2D eigenvalue weighted by molar-refractivity contribution is -0.119. The Kier molecular flexibility index (Phi) is 7.20. The van der Waals surface area contributed by atoms with E-state index in [0.29, 0.717) is 28.1 Å². The molecule has 2 aromatic carbocycles. The summed E-state index contributed by atoms with van der Waals surface area (Å²) in [5.74, 6) is -0.350. The van der Waals surface area contributed by atoms with Crippen molar-refractivity contribution in [1.29, 1.82) is 5.26 Å². The number of amides is 1. The van der Waals surface area contributed by atoms with E-state index >= 15 is 0 Å². The number of hydrogen-bond acceptors (Lipinski definition) is 6. The van der Waals surface area contributed by atoms with Crippen molar-refractivity contribution in [2.75, 3.05) is 26.1 Å². The molecular weight excluding hydrogens is 416 g/mol. The van der Waals surface area contributed by atoms with Gasteiger partial charge >= 0.3 is 5.97 Å². The highest BCUT2D eigenvalue weighted by Gasteiger charge is 2.16. The van der Waals surface area contributed by atoms with Crippen LogP contribution in [0.15, 0.2) is 40.9 Å². The molecule has 7 nitrogen and oxygen atoms in total. The lowest BCUT2D eigenvalue weighted by Crippen LogP contribution is -2.21. The van der Waals surface area contributed by atoms with Crippen LogP contribution in [0.1, 0.15) is 15.9 Å². The number of rotatable bonds is 7. The van der Waals surface area contributed by atoms with Gasteiger partial charge in [-0.1, -0.05) is 12.1 Å². The van der Waals surface area contributed by atoms with E-state index in [1.807, 2.05) is 6.07 Å². The van der Waals surface area contributed by atoms with Crippen LogP contribution in [-0.4, -0.2) is 32.7 Å². The van der Waals surface area contributed by atoms with E-state index in [9.17, 15) is 9.59 Å². The number of nitrogens with one attached hydrogen (secondary N) is 1. The number of hydrogen-bond donors (Lipinski definition) is 1. The normalized spacial score (nSPS) is 9.85. The smallest absolute Gasteiger partial charge is 0.338 e. The lowest BCUT2D eigenvalue weighted by Gasteiger charge is -2.11. The van der Waals surface area contributed by atoms with Crippen LogP contribution >= 0.6 is 15.9 Å². The number of carbonyl (C=O) groups excluding carboxylic acids is 2. The quantitative estimate of drug-likeness (QED) is 0.673. The summed E-state index contributed by atoms with van der Waals surface area (Å²) in [6, 6.07) is 11.9. The second-order valence-corrected chi connectivity index (χ2v) is 6.14. The second-order valence-electron chi connectivity index (χ2n) is 5.35. The van der Waals surface area contributed by atoms with Crippen LogP contribution in [0.3, 0.4) is 0 Å². The largest absolute Gasteiger partial charge is 0.495 e. The number of methoxy groups -OCH3 is 2. The molecule has 0 aliphatic carbocycles. The van der Waals surface area contributed by atoms with Gasteiger partial charge in [-0.2, -0.15) is 5.26 Å². The third-order valence-corrected chi connectivity index (χ3v) is 4.32. The van der Waals surface area contributed by atoms with Crippen molar-refractivity contribution < 1.29 is 23.8 Å². The molecule has 0 unspecified atom stereocenters. The fourth-order valence-electron chi connectivity index (χ4n) is 2.20. The average Bonchev–Trinajstić information content (AvgIpc) is 2.68. The van der Waals surface area contributed by atoms with Gasteiger partial charge in [-0.15, -0.1) is 0 Å². The Morgan fingerprint density at radius 2 is 1.70 bits per heavy atom. The van der Waals surface area contributed by atoms with Gasteiger partial charge in [-0.05, 0) is 45.8 Å². The maximum absolute atomic E-state index is 12.2. The van der Waals surface area contributed by atoms with Gasteiger partial charge in [0, 0.05) is 5.69 Å². The van der Waals surface area contributed by atoms with Gasteiger partial charge in [0.05, 0.1) is 32.3 Å². The molecule has 27 heavy (non-hydrogen) atoms. The maximum Gasteiger partial charge on any atom is 0.338 e. The first-order valence-electron chi connectivity index (χ1n) is 7.83. The number of ether oxygens (including phenoxy) is 3. The average molecular weight is 433 g/mol. The molecule has 0 fully saturated rings.